The van der Waals surface area contributed by atoms with Crippen molar-refractivity contribution in [2.45, 2.75) is 40.0 Å². The molecule has 0 radical (unpaired) electrons. The molecule has 1 aromatic rings. The Hall–Kier alpha value is -0.490. The number of benzene rings is 1. The summed E-state index contributed by atoms with van der Waals surface area (Å²) in [5.74, 6) is 0.646. The molecule has 0 aliphatic carbocycles. The van der Waals surface area contributed by atoms with E-state index in [4.69, 9.17) is 11.6 Å². The molecule has 0 aliphatic rings. The topological polar surface area (TPSA) is 0 Å². The van der Waals surface area contributed by atoms with E-state index in [0.717, 1.165) is 5.02 Å². The molecule has 0 fully saturated rings. The maximum Gasteiger partial charge on any atom is 0.0406 e. The lowest BCUT2D eigenvalue weighted by molar-refractivity contribution is 0.734. The summed E-state index contributed by atoms with van der Waals surface area (Å²) in [6.07, 6.45) is 1.18. The van der Waals surface area contributed by atoms with E-state index >= 15 is 0 Å². The fourth-order valence-corrected chi connectivity index (χ4v) is 1.15. The molecule has 0 aromatic heterocycles. The van der Waals surface area contributed by atoms with Crippen LogP contribution >= 0.6 is 11.6 Å². The predicted molar refractivity (Wildman–Crippen MR) is 61.5 cm³/mol. The Labute approximate surface area is 86.9 Å². The number of hydrogen-bond donors (Lipinski definition) is 0. The second-order valence-corrected chi connectivity index (χ2v) is 3.30. The quantitative estimate of drug-likeness (QED) is 0.636. The molecule has 13 heavy (non-hydrogen) atoms. The lowest BCUT2D eigenvalue weighted by atomic mass is 9.99. The standard InChI is InChI=1S/C10H13Cl.C2H6/c1-3-8(2)9-4-6-10(11)7-5-9;1-2/h4-8H,3H2,1-2H3;1-2H3. The molecule has 1 aromatic carbocycles. The number of rotatable bonds is 2. The van der Waals surface area contributed by atoms with Crippen molar-refractivity contribution < 1.29 is 0 Å². The minimum absolute atomic E-state index is 0.646. The summed E-state index contributed by atoms with van der Waals surface area (Å²) in [4.78, 5) is 0. The second kappa shape index (κ2) is 6.97. The molecule has 0 N–H and O–H groups in total. The molecule has 0 aliphatic heterocycles. The minimum atomic E-state index is 0.646. The predicted octanol–water partition coefficient (Wildman–Crippen LogP) is 4.88. The van der Waals surface area contributed by atoms with Crippen molar-refractivity contribution in [3.63, 3.8) is 0 Å². The molecule has 0 saturated heterocycles. The van der Waals surface area contributed by atoms with Gasteiger partial charge in [-0.3, -0.25) is 0 Å². The van der Waals surface area contributed by atoms with E-state index in [0.29, 0.717) is 5.92 Å². The Balaban J connectivity index is 0.000000671. The first-order valence-corrected chi connectivity index (χ1v) is 5.37. The van der Waals surface area contributed by atoms with E-state index in [1.165, 1.54) is 12.0 Å². The molecule has 74 valence electrons. The maximum absolute atomic E-state index is 5.76. The molecule has 0 amide bonds. The van der Waals surface area contributed by atoms with Crippen molar-refractivity contribution in [3.8, 4) is 0 Å². The second-order valence-electron chi connectivity index (χ2n) is 2.86. The molecule has 0 bridgehead atoms. The Morgan fingerprint density at radius 1 is 1.15 bits per heavy atom. The van der Waals surface area contributed by atoms with Crippen molar-refractivity contribution in [1.82, 2.24) is 0 Å². The van der Waals surface area contributed by atoms with Crippen molar-refractivity contribution in [3.05, 3.63) is 34.9 Å². The summed E-state index contributed by atoms with van der Waals surface area (Å²) in [5, 5.41) is 0.817. The van der Waals surface area contributed by atoms with E-state index in [1.54, 1.807) is 0 Å². The van der Waals surface area contributed by atoms with Crippen LogP contribution in [0.4, 0.5) is 0 Å². The van der Waals surface area contributed by atoms with E-state index in [2.05, 4.69) is 26.0 Å². The van der Waals surface area contributed by atoms with Crippen LogP contribution in [0.3, 0.4) is 0 Å². The summed E-state index contributed by atoms with van der Waals surface area (Å²) in [6, 6.07) is 8.08. The zero-order valence-corrected chi connectivity index (χ0v) is 9.73. The van der Waals surface area contributed by atoms with Crippen LogP contribution < -0.4 is 0 Å². The van der Waals surface area contributed by atoms with Gasteiger partial charge >= 0.3 is 0 Å². The highest BCUT2D eigenvalue weighted by molar-refractivity contribution is 6.30. The van der Waals surface area contributed by atoms with Crippen LogP contribution in [0.1, 0.15) is 45.6 Å². The van der Waals surface area contributed by atoms with Gasteiger partial charge in [-0.15, -0.1) is 0 Å². The smallest absolute Gasteiger partial charge is 0.0406 e. The van der Waals surface area contributed by atoms with Gasteiger partial charge < -0.3 is 0 Å². The van der Waals surface area contributed by atoms with Gasteiger partial charge in [0, 0.05) is 5.02 Å². The van der Waals surface area contributed by atoms with Gasteiger partial charge in [-0.1, -0.05) is 51.4 Å². The van der Waals surface area contributed by atoms with Crippen LogP contribution in [-0.2, 0) is 0 Å². The van der Waals surface area contributed by atoms with E-state index in [-0.39, 0.29) is 0 Å². The van der Waals surface area contributed by atoms with Crippen LogP contribution in [-0.4, -0.2) is 0 Å². The molecule has 1 atom stereocenters. The molecule has 1 heteroatoms. The van der Waals surface area contributed by atoms with Crippen LogP contribution in [0.5, 0.6) is 0 Å². The first kappa shape index (κ1) is 12.5. The van der Waals surface area contributed by atoms with Gasteiger partial charge in [0.1, 0.15) is 0 Å². The van der Waals surface area contributed by atoms with Gasteiger partial charge in [0.25, 0.3) is 0 Å². The van der Waals surface area contributed by atoms with Crippen molar-refractivity contribution in [2.75, 3.05) is 0 Å². The normalized spacial score (nSPS) is 11.5. The van der Waals surface area contributed by atoms with Gasteiger partial charge in [0.15, 0.2) is 0 Å². The third-order valence-electron chi connectivity index (χ3n) is 2.05. The average Bonchev–Trinajstić information content (AvgIpc) is 2.21. The molecule has 1 rings (SSSR count). The Morgan fingerprint density at radius 3 is 2.00 bits per heavy atom. The van der Waals surface area contributed by atoms with E-state index in [1.807, 2.05) is 26.0 Å². The average molecular weight is 199 g/mol. The largest absolute Gasteiger partial charge is 0.0843 e. The maximum atomic E-state index is 5.76. The van der Waals surface area contributed by atoms with E-state index in [9.17, 15) is 0 Å². The fourth-order valence-electron chi connectivity index (χ4n) is 1.03. The SMILES string of the molecule is CC.CCC(C)c1ccc(Cl)cc1. The molecule has 0 heterocycles. The molecule has 0 nitrogen and oxygen atoms in total. The zero-order valence-electron chi connectivity index (χ0n) is 8.97. The number of halogens is 1. The van der Waals surface area contributed by atoms with Crippen LogP contribution in [0, 0.1) is 0 Å². The molecule has 0 saturated carbocycles. The minimum Gasteiger partial charge on any atom is -0.0843 e. The van der Waals surface area contributed by atoms with Gasteiger partial charge in [-0.05, 0) is 30.0 Å². The molecular weight excluding hydrogens is 180 g/mol. The Morgan fingerprint density at radius 2 is 1.62 bits per heavy atom. The fraction of sp³-hybridized carbons (Fsp3) is 0.500. The Bertz CT molecular complexity index is 213. The van der Waals surface area contributed by atoms with Crippen LogP contribution in [0.15, 0.2) is 24.3 Å². The van der Waals surface area contributed by atoms with Crippen molar-refractivity contribution >= 4 is 11.6 Å². The highest BCUT2D eigenvalue weighted by Crippen LogP contribution is 2.20. The molecule has 0 spiro atoms. The monoisotopic (exact) mass is 198 g/mol. The number of hydrogen-bond acceptors (Lipinski definition) is 0. The zero-order chi connectivity index (χ0) is 10.3. The summed E-state index contributed by atoms with van der Waals surface area (Å²) in [5.41, 5.74) is 1.37. The summed E-state index contributed by atoms with van der Waals surface area (Å²) < 4.78 is 0. The summed E-state index contributed by atoms with van der Waals surface area (Å²) >= 11 is 5.76. The van der Waals surface area contributed by atoms with Gasteiger partial charge in [0.2, 0.25) is 0 Å². The first-order valence-electron chi connectivity index (χ1n) is 4.99. The molecule has 1 unspecified atom stereocenters. The summed E-state index contributed by atoms with van der Waals surface area (Å²) in [7, 11) is 0. The highest BCUT2D eigenvalue weighted by atomic mass is 35.5. The van der Waals surface area contributed by atoms with Crippen LogP contribution in [0.25, 0.3) is 0 Å². The lowest BCUT2D eigenvalue weighted by Gasteiger charge is -2.07. The van der Waals surface area contributed by atoms with Gasteiger partial charge in [-0.2, -0.15) is 0 Å². The van der Waals surface area contributed by atoms with E-state index < -0.39 is 0 Å². The van der Waals surface area contributed by atoms with Crippen LogP contribution in [0.2, 0.25) is 5.02 Å². The Kier molecular flexibility index (Phi) is 6.70. The van der Waals surface area contributed by atoms with Gasteiger partial charge in [-0.25, -0.2) is 0 Å². The highest BCUT2D eigenvalue weighted by Gasteiger charge is 2.00. The third-order valence-corrected chi connectivity index (χ3v) is 2.30. The molecular formula is C12H19Cl. The first-order chi connectivity index (χ1) is 6.24. The van der Waals surface area contributed by atoms with Crippen molar-refractivity contribution in [1.29, 1.82) is 0 Å². The van der Waals surface area contributed by atoms with Gasteiger partial charge in [0.05, 0.1) is 0 Å². The van der Waals surface area contributed by atoms with Crippen molar-refractivity contribution in [2.24, 2.45) is 0 Å². The lowest BCUT2D eigenvalue weighted by Crippen LogP contribution is -1.89. The summed E-state index contributed by atoms with van der Waals surface area (Å²) in [6.45, 7) is 8.42. The third kappa shape index (κ3) is 4.33.